The van der Waals surface area contributed by atoms with Gasteiger partial charge in [0.1, 0.15) is 5.56 Å². The maximum Gasteiger partial charge on any atom is 0.341 e. The highest BCUT2D eigenvalue weighted by Crippen LogP contribution is 2.03. The van der Waals surface area contributed by atoms with Crippen molar-refractivity contribution in [2.24, 2.45) is 0 Å². The molecule has 0 aliphatic carbocycles. The number of carbonyl (C=O) groups excluding carboxylic acids is 1. The van der Waals surface area contributed by atoms with Gasteiger partial charge >= 0.3 is 5.97 Å². The zero-order valence-electron chi connectivity index (χ0n) is 6.32. The van der Waals surface area contributed by atoms with Gasteiger partial charge in [0.05, 0.1) is 7.11 Å². The predicted octanol–water partition coefficient (Wildman–Crippen LogP) is 0.137. The molecular weight excluding hydrogens is 165 g/mol. The highest BCUT2D eigenvalue weighted by Gasteiger charge is 2.15. The molecule has 0 aliphatic heterocycles. The molecule has 0 radical (unpaired) electrons. The Balaban J connectivity index is 3.09. The van der Waals surface area contributed by atoms with E-state index in [0.29, 0.717) is 4.73 Å². The largest absolute Gasteiger partial charge is 0.465 e. The molecule has 0 aromatic carbocycles. The van der Waals surface area contributed by atoms with Gasteiger partial charge in [-0.15, -0.1) is 0 Å². The Labute approximate surface area is 67.8 Å². The zero-order valence-corrected chi connectivity index (χ0v) is 6.32. The van der Waals surface area contributed by atoms with Crippen LogP contribution in [0, 0.1) is 5.82 Å². The van der Waals surface area contributed by atoms with E-state index in [1.807, 2.05) is 0 Å². The third-order valence-corrected chi connectivity index (χ3v) is 1.30. The van der Waals surface area contributed by atoms with E-state index in [0.717, 1.165) is 25.6 Å². The number of nitrogens with zero attached hydrogens (tertiary/aromatic N) is 1. The fourth-order valence-corrected chi connectivity index (χ4v) is 0.735. The van der Waals surface area contributed by atoms with Crippen molar-refractivity contribution in [2.45, 2.75) is 0 Å². The van der Waals surface area contributed by atoms with Gasteiger partial charge in [0, 0.05) is 10.8 Å². The smallest absolute Gasteiger partial charge is 0.341 e. The summed E-state index contributed by atoms with van der Waals surface area (Å²) in [4.78, 5) is 10.8. The van der Waals surface area contributed by atoms with E-state index in [1.165, 1.54) is 0 Å². The molecule has 0 aliphatic rings. The van der Waals surface area contributed by atoms with Gasteiger partial charge in [0.2, 0.25) is 12.0 Å². The van der Waals surface area contributed by atoms with E-state index in [9.17, 15) is 9.18 Å². The Morgan fingerprint density at radius 1 is 1.75 bits per heavy atom. The molecule has 0 atom stereocenters. The van der Waals surface area contributed by atoms with E-state index in [-0.39, 0.29) is 5.56 Å². The SMILES string of the molecule is COC(=O)c1cc[n+](O)cc1F. The number of hydrogen-bond donors (Lipinski definition) is 1. The molecule has 0 spiro atoms. The maximum absolute atomic E-state index is 12.8. The lowest BCUT2D eigenvalue weighted by atomic mass is 10.2. The van der Waals surface area contributed by atoms with E-state index in [1.54, 1.807) is 0 Å². The molecule has 4 nitrogen and oxygen atoms in total. The molecule has 1 aromatic rings. The molecule has 1 N–H and O–H groups in total. The second-order valence-electron chi connectivity index (χ2n) is 2.08. The molecule has 1 heterocycles. The molecule has 1 aromatic heterocycles. The average molecular weight is 172 g/mol. The van der Waals surface area contributed by atoms with Crippen LogP contribution in [0.15, 0.2) is 18.5 Å². The maximum atomic E-state index is 12.8. The number of halogens is 1. The van der Waals surface area contributed by atoms with Crippen LogP contribution in [0.3, 0.4) is 0 Å². The monoisotopic (exact) mass is 172 g/mol. The number of carbonyl (C=O) groups is 1. The van der Waals surface area contributed by atoms with Crippen molar-refractivity contribution >= 4 is 5.97 Å². The van der Waals surface area contributed by atoms with Crippen molar-refractivity contribution < 1.29 is 23.9 Å². The highest BCUT2D eigenvalue weighted by molar-refractivity contribution is 5.89. The molecule has 0 saturated carbocycles. The minimum absolute atomic E-state index is 0.206. The van der Waals surface area contributed by atoms with Crippen LogP contribution >= 0.6 is 0 Å². The molecule has 1 rings (SSSR count). The molecule has 0 fully saturated rings. The molecule has 12 heavy (non-hydrogen) atoms. The molecule has 0 amide bonds. The predicted molar refractivity (Wildman–Crippen MR) is 35.1 cm³/mol. The number of hydrogen-bond acceptors (Lipinski definition) is 3. The van der Waals surface area contributed by atoms with Crippen LogP contribution in [0.5, 0.6) is 0 Å². The number of rotatable bonds is 1. The Hall–Kier alpha value is -1.65. The normalized spacial score (nSPS) is 9.50. The fraction of sp³-hybridized carbons (Fsp3) is 0.143. The van der Waals surface area contributed by atoms with Gasteiger partial charge in [-0.25, -0.2) is 4.79 Å². The second kappa shape index (κ2) is 3.17. The van der Waals surface area contributed by atoms with Gasteiger partial charge in [-0.1, -0.05) is 0 Å². The summed E-state index contributed by atoms with van der Waals surface area (Å²) >= 11 is 0. The lowest BCUT2D eigenvalue weighted by Crippen LogP contribution is -2.30. The van der Waals surface area contributed by atoms with Crippen LogP contribution < -0.4 is 4.73 Å². The summed E-state index contributed by atoms with van der Waals surface area (Å²) in [5, 5.41) is 8.72. The molecular formula is C7H7FNO3+. The van der Waals surface area contributed by atoms with E-state index < -0.39 is 11.8 Å². The minimum Gasteiger partial charge on any atom is -0.465 e. The van der Waals surface area contributed by atoms with Crippen LogP contribution in [0.4, 0.5) is 4.39 Å². The van der Waals surface area contributed by atoms with Gasteiger partial charge in [-0.3, -0.25) is 5.21 Å². The lowest BCUT2D eigenvalue weighted by molar-refractivity contribution is -0.905. The van der Waals surface area contributed by atoms with Gasteiger partial charge in [-0.05, 0) is 0 Å². The Morgan fingerprint density at radius 3 is 2.92 bits per heavy atom. The Bertz CT molecular complexity index is 314. The summed E-state index contributed by atoms with van der Waals surface area (Å²) in [6.45, 7) is 0. The topological polar surface area (TPSA) is 50.4 Å². The zero-order chi connectivity index (χ0) is 9.14. The standard InChI is InChI=1S/C7H7FNO3/c1-12-7(10)5-2-3-9(11)4-6(5)8/h2-4,11H,1H3/q+1. The quantitative estimate of drug-likeness (QED) is 0.372. The van der Waals surface area contributed by atoms with Crippen LogP contribution in [-0.4, -0.2) is 18.3 Å². The summed E-state index contributed by atoms with van der Waals surface area (Å²) in [6.07, 6.45) is 1.90. The number of aromatic nitrogens is 1. The first-order chi connectivity index (χ1) is 5.65. The molecule has 0 unspecified atom stereocenters. The average Bonchev–Trinajstić information content (AvgIpc) is 2.03. The van der Waals surface area contributed by atoms with Crippen molar-refractivity contribution in [3.63, 3.8) is 0 Å². The Morgan fingerprint density at radius 2 is 2.42 bits per heavy atom. The summed E-state index contributed by atoms with van der Waals surface area (Å²) in [6, 6.07) is 1.13. The summed E-state index contributed by atoms with van der Waals surface area (Å²) < 4.78 is 17.6. The van der Waals surface area contributed by atoms with Crippen LogP contribution in [0.25, 0.3) is 0 Å². The second-order valence-corrected chi connectivity index (χ2v) is 2.08. The van der Waals surface area contributed by atoms with E-state index >= 15 is 0 Å². The van der Waals surface area contributed by atoms with Gasteiger partial charge in [0.15, 0.2) is 0 Å². The van der Waals surface area contributed by atoms with Crippen LogP contribution in [-0.2, 0) is 4.74 Å². The van der Waals surface area contributed by atoms with E-state index in [2.05, 4.69) is 4.74 Å². The summed E-state index contributed by atoms with van der Waals surface area (Å²) in [5.41, 5.74) is -0.206. The van der Waals surface area contributed by atoms with Crippen molar-refractivity contribution in [1.82, 2.24) is 0 Å². The molecule has 0 saturated heterocycles. The first kappa shape index (κ1) is 8.45. The first-order valence-electron chi connectivity index (χ1n) is 3.13. The van der Waals surface area contributed by atoms with Crippen LogP contribution in [0.1, 0.15) is 10.4 Å². The summed E-state index contributed by atoms with van der Waals surface area (Å²) in [7, 11) is 1.15. The van der Waals surface area contributed by atoms with Crippen molar-refractivity contribution in [3.05, 3.63) is 29.8 Å². The van der Waals surface area contributed by atoms with Crippen molar-refractivity contribution in [1.29, 1.82) is 0 Å². The first-order valence-corrected chi connectivity index (χ1v) is 3.13. The Kier molecular flexibility index (Phi) is 2.23. The summed E-state index contributed by atoms with van der Waals surface area (Å²) in [5.74, 6) is -1.60. The highest BCUT2D eigenvalue weighted by atomic mass is 19.1. The number of methoxy groups -OCH3 is 1. The van der Waals surface area contributed by atoms with Gasteiger partial charge in [0.25, 0.3) is 6.20 Å². The number of ether oxygens (including phenoxy) is 1. The van der Waals surface area contributed by atoms with Crippen LogP contribution in [0.2, 0.25) is 0 Å². The molecule has 64 valence electrons. The van der Waals surface area contributed by atoms with Gasteiger partial charge < -0.3 is 4.74 Å². The van der Waals surface area contributed by atoms with E-state index in [4.69, 9.17) is 5.21 Å². The lowest BCUT2D eigenvalue weighted by Gasteiger charge is -1.96. The fourth-order valence-electron chi connectivity index (χ4n) is 0.735. The van der Waals surface area contributed by atoms with Crippen molar-refractivity contribution in [3.8, 4) is 0 Å². The number of esters is 1. The van der Waals surface area contributed by atoms with Gasteiger partial charge in [-0.2, -0.15) is 4.39 Å². The molecule has 0 bridgehead atoms. The number of pyridine rings is 1. The minimum atomic E-state index is -0.827. The van der Waals surface area contributed by atoms with Crippen molar-refractivity contribution in [2.75, 3.05) is 7.11 Å². The third-order valence-electron chi connectivity index (χ3n) is 1.30. The molecule has 5 heteroatoms. The third kappa shape index (κ3) is 1.50.